The average Bonchev–Trinajstić information content (AvgIpc) is 2.63. The van der Waals surface area contributed by atoms with Gasteiger partial charge in [0.15, 0.2) is 5.69 Å². The van der Waals surface area contributed by atoms with Crippen LogP contribution in [-0.4, -0.2) is 30.3 Å². The normalized spacial score (nSPS) is 26.3. The van der Waals surface area contributed by atoms with Gasteiger partial charge in [0.1, 0.15) is 11.1 Å². The van der Waals surface area contributed by atoms with Crippen LogP contribution in [0.2, 0.25) is 0 Å². The number of nitriles is 1. The van der Waals surface area contributed by atoms with Crippen molar-refractivity contribution in [1.82, 2.24) is 4.98 Å². The third-order valence-electron chi connectivity index (χ3n) is 2.36. The molecule has 1 aromatic rings. The number of anilines is 1. The molecule has 0 N–H and O–H groups in total. The number of ether oxygens (including phenoxy) is 1. The minimum Gasteiger partial charge on any atom is -0.372 e. The summed E-state index contributed by atoms with van der Waals surface area (Å²) < 4.78 is 5.65. The fourth-order valence-electron chi connectivity index (χ4n) is 1.88. The van der Waals surface area contributed by atoms with E-state index >= 15 is 0 Å². The van der Waals surface area contributed by atoms with Gasteiger partial charge in [-0.25, -0.2) is 4.98 Å². The predicted octanol–water partition coefficient (Wildman–Crippen LogP) is 1.63. The predicted molar refractivity (Wildman–Crippen MR) is 59.1 cm³/mol. The maximum absolute atomic E-state index is 8.91. The molecule has 0 aromatic carbocycles. The second-order valence-corrected chi connectivity index (χ2v) is 4.61. The molecule has 4 nitrogen and oxygen atoms in total. The van der Waals surface area contributed by atoms with Gasteiger partial charge in [0, 0.05) is 13.1 Å². The Labute approximate surface area is 93.1 Å². The molecule has 80 valence electrons. The van der Waals surface area contributed by atoms with Crippen molar-refractivity contribution in [1.29, 1.82) is 5.26 Å². The Morgan fingerprint density at radius 1 is 1.53 bits per heavy atom. The first kappa shape index (κ1) is 10.4. The molecule has 2 atom stereocenters. The Morgan fingerprint density at radius 3 is 2.80 bits per heavy atom. The zero-order chi connectivity index (χ0) is 10.8. The molecular formula is C10H13N3OS. The molecule has 0 saturated carbocycles. The number of hydrogen-bond donors (Lipinski definition) is 0. The molecule has 1 aliphatic heterocycles. The highest BCUT2D eigenvalue weighted by molar-refractivity contribution is 7.14. The first-order valence-electron chi connectivity index (χ1n) is 4.94. The van der Waals surface area contributed by atoms with Crippen LogP contribution < -0.4 is 4.90 Å². The van der Waals surface area contributed by atoms with Crippen LogP contribution in [0.15, 0.2) is 5.51 Å². The summed E-state index contributed by atoms with van der Waals surface area (Å²) in [5, 5.41) is 9.88. The van der Waals surface area contributed by atoms with Crippen LogP contribution >= 0.6 is 11.3 Å². The number of morpholine rings is 1. The van der Waals surface area contributed by atoms with Gasteiger partial charge < -0.3 is 9.64 Å². The van der Waals surface area contributed by atoms with Crippen LogP contribution in [-0.2, 0) is 4.74 Å². The van der Waals surface area contributed by atoms with Crippen LogP contribution in [0.1, 0.15) is 19.5 Å². The summed E-state index contributed by atoms with van der Waals surface area (Å²) in [6.45, 7) is 5.77. The maximum atomic E-state index is 8.91. The lowest BCUT2D eigenvalue weighted by atomic mass is 10.2. The Bertz CT molecular complexity index is 374. The topological polar surface area (TPSA) is 49.2 Å². The van der Waals surface area contributed by atoms with Gasteiger partial charge in [-0.3, -0.25) is 0 Å². The molecule has 1 aliphatic rings. The average molecular weight is 223 g/mol. The molecule has 1 fully saturated rings. The number of thiazole rings is 1. The molecule has 0 spiro atoms. The second kappa shape index (κ2) is 4.17. The van der Waals surface area contributed by atoms with E-state index in [1.807, 2.05) is 0 Å². The van der Waals surface area contributed by atoms with Crippen LogP contribution in [0.5, 0.6) is 0 Å². The third kappa shape index (κ3) is 2.11. The van der Waals surface area contributed by atoms with E-state index in [4.69, 9.17) is 10.00 Å². The van der Waals surface area contributed by atoms with Gasteiger partial charge in [-0.2, -0.15) is 5.26 Å². The van der Waals surface area contributed by atoms with E-state index in [0.29, 0.717) is 5.69 Å². The third-order valence-corrected chi connectivity index (χ3v) is 3.25. The first-order valence-corrected chi connectivity index (χ1v) is 5.82. The summed E-state index contributed by atoms with van der Waals surface area (Å²) >= 11 is 1.52. The lowest BCUT2D eigenvalue weighted by Gasteiger charge is -2.35. The summed E-state index contributed by atoms with van der Waals surface area (Å²) in [6, 6.07) is 2.12. The van der Waals surface area contributed by atoms with Gasteiger partial charge in [0.05, 0.1) is 17.7 Å². The molecule has 0 bridgehead atoms. The summed E-state index contributed by atoms with van der Waals surface area (Å²) in [7, 11) is 0. The lowest BCUT2D eigenvalue weighted by molar-refractivity contribution is -0.00503. The molecule has 1 aromatic heterocycles. The van der Waals surface area contributed by atoms with Crippen molar-refractivity contribution < 1.29 is 4.74 Å². The van der Waals surface area contributed by atoms with Crippen molar-refractivity contribution in [3.63, 3.8) is 0 Å². The monoisotopic (exact) mass is 223 g/mol. The van der Waals surface area contributed by atoms with Crippen molar-refractivity contribution in [2.45, 2.75) is 26.1 Å². The maximum Gasteiger partial charge on any atom is 0.175 e. The molecule has 0 unspecified atom stereocenters. The number of hydrogen-bond acceptors (Lipinski definition) is 5. The van der Waals surface area contributed by atoms with E-state index in [2.05, 4.69) is 29.8 Å². The highest BCUT2D eigenvalue weighted by atomic mass is 32.1. The highest BCUT2D eigenvalue weighted by Gasteiger charge is 2.25. The largest absolute Gasteiger partial charge is 0.372 e. The van der Waals surface area contributed by atoms with E-state index in [-0.39, 0.29) is 12.2 Å². The first-order chi connectivity index (χ1) is 7.20. The van der Waals surface area contributed by atoms with Crippen molar-refractivity contribution in [2.24, 2.45) is 0 Å². The molecule has 2 rings (SSSR count). The van der Waals surface area contributed by atoms with E-state index in [1.54, 1.807) is 5.51 Å². The highest BCUT2D eigenvalue weighted by Crippen LogP contribution is 2.27. The number of rotatable bonds is 1. The second-order valence-electron chi connectivity index (χ2n) is 3.78. The van der Waals surface area contributed by atoms with E-state index in [0.717, 1.165) is 18.1 Å². The van der Waals surface area contributed by atoms with Gasteiger partial charge in [-0.15, -0.1) is 11.3 Å². The Hall–Kier alpha value is -1.12. The molecule has 5 heteroatoms. The fraction of sp³-hybridized carbons (Fsp3) is 0.600. The Morgan fingerprint density at radius 2 is 2.20 bits per heavy atom. The standard InChI is InChI=1S/C10H13N3OS/c1-7-4-13(5-8(2)14-7)10-9(3-11)12-6-15-10/h6-8H,4-5H2,1-2H3/t7-,8+. The van der Waals surface area contributed by atoms with Gasteiger partial charge in [-0.05, 0) is 13.8 Å². The van der Waals surface area contributed by atoms with Crippen molar-refractivity contribution in [3.05, 3.63) is 11.2 Å². The zero-order valence-electron chi connectivity index (χ0n) is 8.80. The summed E-state index contributed by atoms with van der Waals surface area (Å²) in [4.78, 5) is 6.22. The molecule has 1 saturated heterocycles. The summed E-state index contributed by atoms with van der Waals surface area (Å²) in [5.41, 5.74) is 2.25. The molecule has 2 heterocycles. The molecular weight excluding hydrogens is 210 g/mol. The minimum atomic E-state index is 0.211. The van der Waals surface area contributed by atoms with Gasteiger partial charge in [0.25, 0.3) is 0 Å². The van der Waals surface area contributed by atoms with Gasteiger partial charge >= 0.3 is 0 Å². The molecule has 15 heavy (non-hydrogen) atoms. The van der Waals surface area contributed by atoms with Crippen LogP contribution in [0.3, 0.4) is 0 Å². The zero-order valence-corrected chi connectivity index (χ0v) is 9.62. The Balaban J connectivity index is 2.20. The van der Waals surface area contributed by atoms with Crippen LogP contribution in [0.4, 0.5) is 5.00 Å². The molecule has 0 aliphatic carbocycles. The number of aromatic nitrogens is 1. The van der Waals surface area contributed by atoms with Crippen LogP contribution in [0, 0.1) is 11.3 Å². The van der Waals surface area contributed by atoms with E-state index in [1.165, 1.54) is 11.3 Å². The quantitative estimate of drug-likeness (QED) is 0.726. The van der Waals surface area contributed by atoms with Crippen LogP contribution in [0.25, 0.3) is 0 Å². The SMILES string of the molecule is C[C@@H]1CN(c2scnc2C#N)C[C@H](C)O1. The smallest absolute Gasteiger partial charge is 0.175 e. The van der Waals surface area contributed by atoms with Gasteiger partial charge in [-0.1, -0.05) is 0 Å². The molecule has 0 amide bonds. The minimum absolute atomic E-state index is 0.211. The summed E-state index contributed by atoms with van der Waals surface area (Å²) in [5.74, 6) is 0. The van der Waals surface area contributed by atoms with Crippen molar-refractivity contribution >= 4 is 16.3 Å². The van der Waals surface area contributed by atoms with E-state index in [9.17, 15) is 0 Å². The lowest BCUT2D eigenvalue weighted by Crippen LogP contribution is -2.45. The molecule has 0 radical (unpaired) electrons. The van der Waals surface area contributed by atoms with Crippen molar-refractivity contribution in [2.75, 3.05) is 18.0 Å². The fourth-order valence-corrected chi connectivity index (χ4v) is 2.65. The number of nitrogens with zero attached hydrogens (tertiary/aromatic N) is 3. The van der Waals surface area contributed by atoms with Gasteiger partial charge in [0.2, 0.25) is 0 Å². The Kier molecular flexibility index (Phi) is 2.89. The summed E-state index contributed by atoms with van der Waals surface area (Å²) in [6.07, 6.45) is 0.421. The van der Waals surface area contributed by atoms with E-state index < -0.39 is 0 Å². The van der Waals surface area contributed by atoms with Crippen molar-refractivity contribution in [3.8, 4) is 6.07 Å².